The maximum Gasteiger partial charge on any atom is 0.416 e. The normalized spacial score (nSPS) is 11.2. The number of pyridine rings is 2. The molecule has 11 heteroatoms. The van der Waals surface area contributed by atoms with E-state index in [-0.39, 0.29) is 40.8 Å². The van der Waals surface area contributed by atoms with Crippen LogP contribution < -0.4 is 10.1 Å². The maximum atomic E-state index is 13.1. The first kappa shape index (κ1) is 24.6. The molecule has 1 aromatic carbocycles. The molecule has 0 bridgehead atoms. The molecule has 0 aliphatic heterocycles. The number of halogens is 3. The Hall–Kier alpha value is -4.54. The number of carbonyl (C=O) groups excluding carboxylic acids is 2. The molecule has 0 spiro atoms. The first-order valence-electron chi connectivity index (χ1n) is 10.7. The van der Waals surface area contributed by atoms with Gasteiger partial charge in [-0.25, -0.2) is 9.67 Å². The molecule has 36 heavy (non-hydrogen) atoms. The molecule has 3 aromatic heterocycles. The van der Waals surface area contributed by atoms with E-state index in [0.717, 1.165) is 17.7 Å². The van der Waals surface area contributed by atoms with Crippen molar-refractivity contribution < 1.29 is 27.5 Å². The number of alkyl halides is 3. The van der Waals surface area contributed by atoms with E-state index in [9.17, 15) is 22.8 Å². The van der Waals surface area contributed by atoms with Gasteiger partial charge in [0.1, 0.15) is 6.61 Å². The molecule has 184 valence electrons. The SMILES string of the molecule is Cc1nn(-c2cccc(C(F)(F)F)c2)c(C)c1C(=O)C(=O)Nc1ncccc1OCc1ccncc1. The Morgan fingerprint density at radius 2 is 1.78 bits per heavy atom. The summed E-state index contributed by atoms with van der Waals surface area (Å²) >= 11 is 0. The van der Waals surface area contributed by atoms with Gasteiger partial charge >= 0.3 is 6.18 Å². The lowest BCUT2D eigenvalue weighted by Crippen LogP contribution is -2.25. The Morgan fingerprint density at radius 3 is 2.50 bits per heavy atom. The van der Waals surface area contributed by atoms with Crippen molar-refractivity contribution in [1.82, 2.24) is 19.7 Å². The van der Waals surface area contributed by atoms with Crippen molar-refractivity contribution in [2.24, 2.45) is 0 Å². The summed E-state index contributed by atoms with van der Waals surface area (Å²) in [6, 6.07) is 11.3. The van der Waals surface area contributed by atoms with Gasteiger partial charge in [-0.3, -0.25) is 14.6 Å². The van der Waals surface area contributed by atoms with Crippen molar-refractivity contribution in [1.29, 1.82) is 0 Å². The zero-order chi connectivity index (χ0) is 25.9. The number of ketones is 1. The van der Waals surface area contributed by atoms with E-state index in [1.54, 1.807) is 36.7 Å². The Bertz CT molecular complexity index is 1420. The number of amides is 1. The second kappa shape index (κ2) is 9.98. The minimum absolute atomic E-state index is 0.0138. The first-order chi connectivity index (χ1) is 17.1. The molecular weight excluding hydrogens is 475 g/mol. The molecular formula is C25H20F3N5O3. The van der Waals surface area contributed by atoms with Crippen LogP contribution in [0.5, 0.6) is 5.75 Å². The van der Waals surface area contributed by atoms with Gasteiger partial charge in [0.2, 0.25) is 0 Å². The van der Waals surface area contributed by atoms with Gasteiger partial charge in [0.05, 0.1) is 28.2 Å². The average molecular weight is 495 g/mol. The predicted octanol–water partition coefficient (Wildman–Crippen LogP) is 4.70. The van der Waals surface area contributed by atoms with Gasteiger partial charge in [0, 0.05) is 18.6 Å². The zero-order valence-corrected chi connectivity index (χ0v) is 19.2. The lowest BCUT2D eigenvalue weighted by Gasteiger charge is -2.11. The number of Topliss-reactive ketones (excluding diaryl/α,β-unsaturated/α-hetero) is 1. The van der Waals surface area contributed by atoms with E-state index in [1.807, 2.05) is 0 Å². The number of nitrogens with one attached hydrogen (secondary N) is 1. The van der Waals surface area contributed by atoms with E-state index in [4.69, 9.17) is 4.74 Å². The van der Waals surface area contributed by atoms with Gasteiger partial charge in [0.25, 0.3) is 11.7 Å². The molecule has 4 rings (SSSR count). The van der Waals surface area contributed by atoms with Crippen molar-refractivity contribution in [3.05, 3.63) is 95.2 Å². The number of hydrogen-bond acceptors (Lipinski definition) is 6. The molecule has 0 saturated heterocycles. The van der Waals surface area contributed by atoms with Crippen LogP contribution in [-0.2, 0) is 17.6 Å². The van der Waals surface area contributed by atoms with Crippen molar-refractivity contribution in [2.75, 3.05) is 5.32 Å². The van der Waals surface area contributed by atoms with E-state index in [1.165, 1.54) is 36.9 Å². The highest BCUT2D eigenvalue weighted by molar-refractivity contribution is 6.47. The summed E-state index contributed by atoms with van der Waals surface area (Å²) in [5, 5.41) is 6.65. The molecule has 0 unspecified atom stereocenters. The number of carbonyl (C=O) groups is 2. The Morgan fingerprint density at radius 1 is 1.03 bits per heavy atom. The minimum Gasteiger partial charge on any atom is -0.485 e. The number of hydrogen-bond donors (Lipinski definition) is 1. The van der Waals surface area contributed by atoms with Crippen LogP contribution in [0, 0.1) is 13.8 Å². The number of benzene rings is 1. The van der Waals surface area contributed by atoms with Crippen LogP contribution >= 0.6 is 0 Å². The second-order valence-electron chi connectivity index (χ2n) is 7.78. The molecule has 8 nitrogen and oxygen atoms in total. The van der Waals surface area contributed by atoms with Gasteiger partial charge in [-0.15, -0.1) is 0 Å². The summed E-state index contributed by atoms with van der Waals surface area (Å²) < 4.78 is 46.4. The van der Waals surface area contributed by atoms with Gasteiger partial charge < -0.3 is 10.1 Å². The Kier molecular flexibility index (Phi) is 6.82. The summed E-state index contributed by atoms with van der Waals surface area (Å²) in [7, 11) is 0. The van der Waals surface area contributed by atoms with Crippen LogP contribution in [0.2, 0.25) is 0 Å². The van der Waals surface area contributed by atoms with Crippen molar-refractivity contribution >= 4 is 17.5 Å². The topological polar surface area (TPSA) is 99.0 Å². The fraction of sp³-hybridized carbons (Fsp3) is 0.160. The third-order valence-corrected chi connectivity index (χ3v) is 5.29. The fourth-order valence-corrected chi connectivity index (χ4v) is 3.56. The van der Waals surface area contributed by atoms with Crippen LogP contribution in [0.4, 0.5) is 19.0 Å². The number of rotatable bonds is 7. The van der Waals surface area contributed by atoms with Crippen LogP contribution in [-0.4, -0.2) is 31.4 Å². The van der Waals surface area contributed by atoms with Gasteiger partial charge in [-0.05, 0) is 61.9 Å². The Balaban J connectivity index is 1.55. The summed E-state index contributed by atoms with van der Waals surface area (Å²) in [5.74, 6) is -1.60. The fourth-order valence-electron chi connectivity index (χ4n) is 3.56. The van der Waals surface area contributed by atoms with Crippen LogP contribution in [0.1, 0.15) is 32.9 Å². The molecule has 0 radical (unpaired) electrons. The van der Waals surface area contributed by atoms with Crippen LogP contribution in [0.3, 0.4) is 0 Å². The highest BCUT2D eigenvalue weighted by atomic mass is 19.4. The molecule has 0 fully saturated rings. The molecule has 0 aliphatic carbocycles. The van der Waals surface area contributed by atoms with Crippen molar-refractivity contribution in [2.45, 2.75) is 26.6 Å². The monoisotopic (exact) mass is 495 g/mol. The number of aromatic nitrogens is 4. The highest BCUT2D eigenvalue weighted by Gasteiger charge is 2.31. The molecule has 1 amide bonds. The standard InChI is InChI=1S/C25H20F3N5O3/c1-15-21(16(2)33(32-15)19-6-3-5-18(13-19)25(26,27)28)22(34)24(35)31-23-20(7-4-10-30-23)36-14-17-8-11-29-12-9-17/h3-13H,14H2,1-2H3,(H,30,31,35). The lowest BCUT2D eigenvalue weighted by atomic mass is 10.1. The summed E-state index contributed by atoms with van der Waals surface area (Å²) in [5.41, 5.74) is 0.506. The van der Waals surface area contributed by atoms with Crippen molar-refractivity contribution in [3.8, 4) is 11.4 Å². The van der Waals surface area contributed by atoms with Crippen molar-refractivity contribution in [3.63, 3.8) is 0 Å². The summed E-state index contributed by atoms with van der Waals surface area (Å²) in [4.78, 5) is 33.9. The zero-order valence-electron chi connectivity index (χ0n) is 19.2. The molecule has 0 saturated carbocycles. The average Bonchev–Trinajstić information content (AvgIpc) is 3.16. The molecule has 0 aliphatic rings. The third-order valence-electron chi connectivity index (χ3n) is 5.29. The molecule has 4 aromatic rings. The smallest absolute Gasteiger partial charge is 0.416 e. The first-order valence-corrected chi connectivity index (χ1v) is 10.7. The molecule has 3 heterocycles. The third kappa shape index (κ3) is 5.24. The summed E-state index contributed by atoms with van der Waals surface area (Å²) in [6.45, 7) is 3.19. The van der Waals surface area contributed by atoms with Gasteiger partial charge in [-0.2, -0.15) is 18.3 Å². The van der Waals surface area contributed by atoms with E-state index < -0.39 is 23.4 Å². The van der Waals surface area contributed by atoms with Gasteiger partial charge in [-0.1, -0.05) is 6.07 Å². The largest absolute Gasteiger partial charge is 0.485 e. The van der Waals surface area contributed by atoms with Crippen LogP contribution in [0.15, 0.2) is 67.1 Å². The quantitative estimate of drug-likeness (QED) is 0.295. The Labute approximate surface area is 203 Å². The number of nitrogens with zero attached hydrogens (tertiary/aromatic N) is 4. The predicted molar refractivity (Wildman–Crippen MR) is 124 cm³/mol. The lowest BCUT2D eigenvalue weighted by molar-refractivity contribution is -0.137. The van der Waals surface area contributed by atoms with Gasteiger partial charge in [0.15, 0.2) is 11.6 Å². The number of aryl methyl sites for hydroxylation is 1. The van der Waals surface area contributed by atoms with Crippen LogP contribution in [0.25, 0.3) is 5.69 Å². The molecule has 1 N–H and O–H groups in total. The minimum atomic E-state index is -4.54. The van der Waals surface area contributed by atoms with E-state index in [0.29, 0.717) is 0 Å². The molecule has 0 atom stereocenters. The second-order valence-corrected chi connectivity index (χ2v) is 7.78. The van der Waals surface area contributed by atoms with E-state index >= 15 is 0 Å². The number of ether oxygens (including phenoxy) is 1. The van der Waals surface area contributed by atoms with E-state index in [2.05, 4.69) is 20.4 Å². The number of anilines is 1. The summed E-state index contributed by atoms with van der Waals surface area (Å²) in [6.07, 6.45) is 0.132. The maximum absolute atomic E-state index is 13.1. The highest BCUT2D eigenvalue weighted by Crippen LogP contribution is 2.31.